The molecule has 27 heavy (non-hydrogen) atoms. The number of amides is 2. The number of rotatable bonds is 10. The van der Waals surface area contributed by atoms with Crippen molar-refractivity contribution in [2.24, 2.45) is 0 Å². The van der Waals surface area contributed by atoms with Gasteiger partial charge in [-0.25, -0.2) is 4.79 Å². The summed E-state index contributed by atoms with van der Waals surface area (Å²) in [7, 11) is 0. The molecule has 144 valence electrons. The summed E-state index contributed by atoms with van der Waals surface area (Å²) in [5, 5.41) is 5.41. The Morgan fingerprint density at radius 3 is 2.56 bits per heavy atom. The third kappa shape index (κ3) is 9.10. The molecule has 2 N–H and O–H groups in total. The molecular formula is C20H23BrN2O4. The Morgan fingerprint density at radius 1 is 0.963 bits per heavy atom. The number of nitrogens with one attached hydrogen (secondary N) is 2. The molecule has 2 amide bonds. The lowest BCUT2D eigenvalue weighted by Crippen LogP contribution is -2.30. The van der Waals surface area contributed by atoms with Gasteiger partial charge in [-0.1, -0.05) is 52.3 Å². The molecule has 0 aliphatic heterocycles. The minimum atomic E-state index is -0.485. The fraction of sp³-hybridized carbons (Fsp3) is 0.300. The van der Waals surface area contributed by atoms with Gasteiger partial charge in [-0.05, 0) is 30.2 Å². The lowest BCUT2D eigenvalue weighted by atomic mass is 10.2. The Hall–Kier alpha value is -2.54. The highest BCUT2D eigenvalue weighted by atomic mass is 79.9. The van der Waals surface area contributed by atoms with E-state index in [1.54, 1.807) is 0 Å². The van der Waals surface area contributed by atoms with Crippen molar-refractivity contribution in [3.8, 4) is 5.75 Å². The number of halogens is 1. The summed E-state index contributed by atoms with van der Waals surface area (Å²) in [4.78, 5) is 23.3. The van der Waals surface area contributed by atoms with Crippen LogP contribution < -0.4 is 15.4 Å². The van der Waals surface area contributed by atoms with Gasteiger partial charge in [-0.3, -0.25) is 4.79 Å². The Kier molecular flexibility index (Phi) is 9.20. The molecule has 2 rings (SSSR count). The monoisotopic (exact) mass is 434 g/mol. The van der Waals surface area contributed by atoms with Gasteiger partial charge in [0.15, 0.2) is 0 Å². The van der Waals surface area contributed by atoms with Crippen LogP contribution in [0.25, 0.3) is 0 Å². The van der Waals surface area contributed by atoms with Gasteiger partial charge in [0.2, 0.25) is 5.91 Å². The second kappa shape index (κ2) is 12.0. The van der Waals surface area contributed by atoms with Crippen LogP contribution >= 0.6 is 15.9 Å². The van der Waals surface area contributed by atoms with Crippen LogP contribution in [-0.4, -0.2) is 31.7 Å². The molecule has 0 saturated heterocycles. The highest BCUT2D eigenvalue weighted by molar-refractivity contribution is 9.10. The maximum absolute atomic E-state index is 11.7. The molecule has 0 heterocycles. The summed E-state index contributed by atoms with van der Waals surface area (Å²) in [6, 6.07) is 17.0. The molecule has 2 aromatic carbocycles. The molecule has 0 saturated carbocycles. The summed E-state index contributed by atoms with van der Waals surface area (Å²) in [5.41, 5.74) is 0.928. The van der Waals surface area contributed by atoms with E-state index in [9.17, 15) is 9.59 Å². The smallest absolute Gasteiger partial charge is 0.407 e. The minimum absolute atomic E-state index is 0.0766. The van der Waals surface area contributed by atoms with Crippen LogP contribution in [0.2, 0.25) is 0 Å². The fourth-order valence-electron chi connectivity index (χ4n) is 2.22. The number of hydrogen-bond donors (Lipinski definition) is 2. The molecule has 0 aliphatic rings. The fourth-order valence-corrected chi connectivity index (χ4v) is 2.60. The quantitative estimate of drug-likeness (QED) is 0.559. The predicted molar refractivity (Wildman–Crippen MR) is 107 cm³/mol. The second-order valence-corrected chi connectivity index (χ2v) is 6.66. The Labute approximate surface area is 167 Å². The molecule has 0 spiro atoms. The van der Waals surface area contributed by atoms with Gasteiger partial charge in [0, 0.05) is 17.4 Å². The summed E-state index contributed by atoms with van der Waals surface area (Å²) in [5.74, 6) is 0.670. The topological polar surface area (TPSA) is 76.7 Å². The van der Waals surface area contributed by atoms with Gasteiger partial charge >= 0.3 is 6.09 Å². The van der Waals surface area contributed by atoms with Crippen LogP contribution in [0.5, 0.6) is 5.75 Å². The number of carbonyl (C=O) groups is 2. The number of benzene rings is 2. The van der Waals surface area contributed by atoms with E-state index in [1.807, 2.05) is 54.6 Å². The molecule has 0 fully saturated rings. The van der Waals surface area contributed by atoms with E-state index in [1.165, 1.54) is 0 Å². The zero-order valence-electron chi connectivity index (χ0n) is 14.9. The van der Waals surface area contributed by atoms with Gasteiger partial charge < -0.3 is 20.1 Å². The van der Waals surface area contributed by atoms with Gasteiger partial charge in [0.05, 0.1) is 6.54 Å². The average molecular weight is 435 g/mol. The van der Waals surface area contributed by atoms with E-state index in [4.69, 9.17) is 9.47 Å². The zero-order chi connectivity index (χ0) is 19.3. The molecule has 0 aliphatic carbocycles. The molecule has 0 atom stereocenters. The minimum Gasteiger partial charge on any atom is -0.492 e. The molecule has 2 aromatic rings. The molecule has 0 aromatic heterocycles. The lowest BCUT2D eigenvalue weighted by molar-refractivity contribution is -0.121. The van der Waals surface area contributed by atoms with Crippen molar-refractivity contribution in [1.29, 1.82) is 0 Å². The number of hydrogen-bond acceptors (Lipinski definition) is 4. The van der Waals surface area contributed by atoms with E-state index < -0.39 is 6.09 Å². The van der Waals surface area contributed by atoms with E-state index in [0.29, 0.717) is 32.5 Å². The van der Waals surface area contributed by atoms with Crippen molar-refractivity contribution >= 4 is 27.9 Å². The summed E-state index contributed by atoms with van der Waals surface area (Å²) < 4.78 is 11.6. The average Bonchev–Trinajstić information content (AvgIpc) is 2.68. The van der Waals surface area contributed by atoms with Gasteiger partial charge in [0.1, 0.15) is 19.0 Å². The highest BCUT2D eigenvalue weighted by Gasteiger charge is 2.04. The van der Waals surface area contributed by atoms with Crippen molar-refractivity contribution < 1.29 is 19.1 Å². The first-order chi connectivity index (χ1) is 13.1. The maximum Gasteiger partial charge on any atom is 0.407 e. The Bertz CT molecular complexity index is 725. The highest BCUT2D eigenvalue weighted by Crippen LogP contribution is 2.17. The first-order valence-electron chi connectivity index (χ1n) is 8.73. The van der Waals surface area contributed by atoms with Crippen LogP contribution in [0.1, 0.15) is 18.4 Å². The van der Waals surface area contributed by atoms with Crippen molar-refractivity contribution in [3.05, 3.63) is 64.6 Å². The molecule has 0 bridgehead atoms. The van der Waals surface area contributed by atoms with Crippen LogP contribution in [0.15, 0.2) is 59.1 Å². The van der Waals surface area contributed by atoms with Crippen LogP contribution in [-0.2, 0) is 16.1 Å². The number of alkyl carbamates (subject to hydrolysis) is 1. The number of carbonyl (C=O) groups excluding carboxylic acids is 2. The maximum atomic E-state index is 11.7. The third-order valence-corrected chi connectivity index (χ3v) is 4.05. The summed E-state index contributed by atoms with van der Waals surface area (Å²) in [6.07, 6.45) is 0.385. The van der Waals surface area contributed by atoms with Crippen molar-refractivity contribution in [2.75, 3.05) is 19.7 Å². The van der Waals surface area contributed by atoms with Gasteiger partial charge in [-0.2, -0.15) is 0 Å². The summed E-state index contributed by atoms with van der Waals surface area (Å²) in [6.45, 7) is 1.44. The van der Waals surface area contributed by atoms with E-state index in [0.717, 1.165) is 15.8 Å². The molecular weight excluding hydrogens is 412 g/mol. The summed E-state index contributed by atoms with van der Waals surface area (Å²) >= 11 is 3.37. The second-order valence-electron chi connectivity index (χ2n) is 5.75. The van der Waals surface area contributed by atoms with E-state index >= 15 is 0 Å². The SMILES string of the molecule is O=C(CCCNC(=O)OCc1ccccc1)NCCOc1cccc(Br)c1. The molecule has 6 nitrogen and oxygen atoms in total. The lowest BCUT2D eigenvalue weighted by Gasteiger charge is -2.09. The van der Waals surface area contributed by atoms with Gasteiger partial charge in [0.25, 0.3) is 0 Å². The largest absolute Gasteiger partial charge is 0.492 e. The van der Waals surface area contributed by atoms with Gasteiger partial charge in [-0.15, -0.1) is 0 Å². The van der Waals surface area contributed by atoms with Crippen molar-refractivity contribution in [2.45, 2.75) is 19.4 Å². The van der Waals surface area contributed by atoms with E-state index in [2.05, 4.69) is 26.6 Å². The standard InChI is InChI=1S/C20H23BrN2O4/c21-17-8-4-9-18(14-17)26-13-12-22-19(24)10-5-11-23-20(25)27-15-16-6-2-1-3-7-16/h1-4,6-9,14H,5,10-13,15H2,(H,22,24)(H,23,25). The first kappa shape index (κ1) is 20.8. The zero-order valence-corrected chi connectivity index (χ0v) is 16.5. The Balaban J connectivity index is 1.47. The molecule has 0 radical (unpaired) electrons. The number of ether oxygens (including phenoxy) is 2. The van der Waals surface area contributed by atoms with Crippen molar-refractivity contribution in [1.82, 2.24) is 10.6 Å². The third-order valence-electron chi connectivity index (χ3n) is 3.55. The van der Waals surface area contributed by atoms with Crippen molar-refractivity contribution in [3.63, 3.8) is 0 Å². The molecule has 7 heteroatoms. The normalized spacial score (nSPS) is 10.1. The van der Waals surface area contributed by atoms with Crippen LogP contribution in [0, 0.1) is 0 Å². The predicted octanol–water partition coefficient (Wildman–Crippen LogP) is 3.65. The molecule has 0 unspecified atom stereocenters. The Morgan fingerprint density at radius 2 is 1.78 bits per heavy atom. The van der Waals surface area contributed by atoms with Crippen LogP contribution in [0.4, 0.5) is 4.79 Å². The first-order valence-corrected chi connectivity index (χ1v) is 9.52. The van der Waals surface area contributed by atoms with Crippen LogP contribution in [0.3, 0.4) is 0 Å². The van der Waals surface area contributed by atoms with E-state index in [-0.39, 0.29) is 12.5 Å².